The minimum absolute atomic E-state index is 0.133. The van der Waals surface area contributed by atoms with E-state index in [4.69, 9.17) is 4.74 Å². The third-order valence-electron chi connectivity index (χ3n) is 6.10. The Morgan fingerprint density at radius 2 is 2.09 bits per heavy atom. The second-order valence-electron chi connectivity index (χ2n) is 7.22. The van der Waals surface area contributed by atoms with Gasteiger partial charge in [-0.2, -0.15) is 10.2 Å². The van der Waals surface area contributed by atoms with Crippen LogP contribution < -0.4 is 4.74 Å². The van der Waals surface area contributed by atoms with Crippen molar-refractivity contribution in [3.8, 4) is 11.5 Å². The zero-order valence-corrected chi connectivity index (χ0v) is 13.8. The van der Waals surface area contributed by atoms with Crippen LogP contribution in [0.1, 0.15) is 45.6 Å². The van der Waals surface area contributed by atoms with Crippen LogP contribution in [-0.4, -0.2) is 24.1 Å². The predicted molar refractivity (Wildman–Crippen MR) is 88.9 cm³/mol. The fourth-order valence-electron chi connectivity index (χ4n) is 4.02. The van der Waals surface area contributed by atoms with Gasteiger partial charge in [0.1, 0.15) is 0 Å². The van der Waals surface area contributed by atoms with Gasteiger partial charge < -0.3 is 9.84 Å². The molecule has 2 aliphatic rings. The standard InChI is InChI=1S/C18H24N2O2/c1-17(2)13-7-8-18(17,3)16(10-13)20-19-11-12-5-6-14(21)15(9-12)22-4/h5-6,9,11,13,21H,7-8,10H2,1-4H3/b19-11+,20-16-/t13-,18+/m0/s1. The fraction of sp³-hybridized carbons (Fsp3) is 0.556. The molecule has 2 bridgehead atoms. The van der Waals surface area contributed by atoms with E-state index >= 15 is 0 Å². The van der Waals surface area contributed by atoms with Gasteiger partial charge in [0.15, 0.2) is 11.5 Å². The first kappa shape index (κ1) is 15.1. The third-order valence-corrected chi connectivity index (χ3v) is 6.10. The molecule has 0 amide bonds. The van der Waals surface area contributed by atoms with Gasteiger partial charge in [-0.05, 0) is 54.4 Å². The van der Waals surface area contributed by atoms with Crippen molar-refractivity contribution in [2.75, 3.05) is 7.11 Å². The smallest absolute Gasteiger partial charge is 0.161 e. The van der Waals surface area contributed by atoms with E-state index in [9.17, 15) is 5.11 Å². The molecule has 0 radical (unpaired) electrons. The first-order valence-corrected chi connectivity index (χ1v) is 7.86. The monoisotopic (exact) mass is 300 g/mol. The lowest BCUT2D eigenvalue weighted by molar-refractivity contribution is 0.194. The van der Waals surface area contributed by atoms with E-state index in [1.54, 1.807) is 24.4 Å². The van der Waals surface area contributed by atoms with Crippen molar-refractivity contribution in [3.05, 3.63) is 23.8 Å². The zero-order valence-electron chi connectivity index (χ0n) is 13.8. The Balaban J connectivity index is 1.81. The van der Waals surface area contributed by atoms with Gasteiger partial charge in [0.05, 0.1) is 13.3 Å². The molecule has 1 N–H and O–H groups in total. The van der Waals surface area contributed by atoms with Crippen LogP contribution in [0.4, 0.5) is 0 Å². The molecule has 0 aromatic heterocycles. The fourth-order valence-corrected chi connectivity index (χ4v) is 4.02. The quantitative estimate of drug-likeness (QED) is 0.677. The van der Waals surface area contributed by atoms with E-state index in [-0.39, 0.29) is 11.2 Å². The third kappa shape index (κ3) is 2.13. The van der Waals surface area contributed by atoms with Crippen molar-refractivity contribution in [1.82, 2.24) is 0 Å². The first-order valence-electron chi connectivity index (χ1n) is 7.86. The van der Waals surface area contributed by atoms with Gasteiger partial charge in [0, 0.05) is 11.1 Å². The summed E-state index contributed by atoms with van der Waals surface area (Å²) in [7, 11) is 1.54. The molecule has 3 rings (SSSR count). The number of rotatable bonds is 3. The molecule has 4 heteroatoms. The largest absolute Gasteiger partial charge is 0.504 e. The molecule has 0 spiro atoms. The Kier molecular flexibility index (Phi) is 3.50. The highest BCUT2D eigenvalue weighted by Gasteiger charge is 2.59. The van der Waals surface area contributed by atoms with Gasteiger partial charge in [-0.1, -0.05) is 20.8 Å². The molecular formula is C18H24N2O2. The lowest BCUT2D eigenvalue weighted by Crippen LogP contribution is -2.32. The van der Waals surface area contributed by atoms with Gasteiger partial charge in [0.2, 0.25) is 0 Å². The van der Waals surface area contributed by atoms with Crippen LogP contribution in [0.5, 0.6) is 11.5 Å². The minimum atomic E-state index is 0.133. The summed E-state index contributed by atoms with van der Waals surface area (Å²) in [4.78, 5) is 0. The van der Waals surface area contributed by atoms with Crippen molar-refractivity contribution in [3.63, 3.8) is 0 Å². The number of phenols is 1. The summed E-state index contributed by atoms with van der Waals surface area (Å²) in [6.07, 6.45) is 5.31. The van der Waals surface area contributed by atoms with Crippen LogP contribution in [0, 0.1) is 16.7 Å². The number of phenolic OH excluding ortho intramolecular Hbond substituents is 1. The Labute approximate surface area is 131 Å². The van der Waals surface area contributed by atoms with E-state index in [0.29, 0.717) is 11.2 Å². The van der Waals surface area contributed by atoms with Crippen LogP contribution in [-0.2, 0) is 0 Å². The summed E-state index contributed by atoms with van der Waals surface area (Å²) in [5.74, 6) is 1.32. The van der Waals surface area contributed by atoms with Crippen molar-refractivity contribution in [2.45, 2.75) is 40.0 Å². The summed E-state index contributed by atoms with van der Waals surface area (Å²) >= 11 is 0. The second-order valence-corrected chi connectivity index (χ2v) is 7.22. The van der Waals surface area contributed by atoms with Gasteiger partial charge in [-0.3, -0.25) is 0 Å². The number of aromatic hydroxyl groups is 1. The van der Waals surface area contributed by atoms with Crippen LogP contribution >= 0.6 is 0 Å². The molecule has 0 aliphatic heterocycles. The highest BCUT2D eigenvalue weighted by molar-refractivity contribution is 5.94. The molecule has 0 saturated heterocycles. The highest BCUT2D eigenvalue weighted by Crippen LogP contribution is 2.63. The molecule has 22 heavy (non-hydrogen) atoms. The van der Waals surface area contributed by atoms with Gasteiger partial charge in [0.25, 0.3) is 0 Å². The number of nitrogens with zero attached hydrogens (tertiary/aromatic N) is 2. The average molecular weight is 300 g/mol. The van der Waals surface area contributed by atoms with E-state index < -0.39 is 0 Å². The van der Waals surface area contributed by atoms with Crippen LogP contribution in [0.3, 0.4) is 0 Å². The number of hydrogen-bond acceptors (Lipinski definition) is 4. The summed E-state index contributed by atoms with van der Waals surface area (Å²) in [6, 6.07) is 5.16. The summed E-state index contributed by atoms with van der Waals surface area (Å²) < 4.78 is 5.10. The van der Waals surface area contributed by atoms with Crippen molar-refractivity contribution in [1.29, 1.82) is 0 Å². The summed E-state index contributed by atoms with van der Waals surface area (Å²) in [5, 5.41) is 18.4. The van der Waals surface area contributed by atoms with Crippen molar-refractivity contribution < 1.29 is 9.84 Å². The summed E-state index contributed by atoms with van der Waals surface area (Å²) in [5.41, 5.74) is 2.60. The van der Waals surface area contributed by atoms with Crippen molar-refractivity contribution in [2.24, 2.45) is 27.0 Å². The molecule has 2 fully saturated rings. The molecule has 0 unspecified atom stereocenters. The van der Waals surface area contributed by atoms with E-state index in [2.05, 4.69) is 31.0 Å². The van der Waals surface area contributed by atoms with E-state index in [0.717, 1.165) is 17.9 Å². The Hall–Kier alpha value is -1.84. The topological polar surface area (TPSA) is 54.2 Å². The number of ether oxygens (including phenoxy) is 1. The Bertz CT molecular complexity index is 648. The molecule has 1 aromatic carbocycles. The first-order chi connectivity index (χ1) is 10.4. The number of methoxy groups -OCH3 is 1. The summed E-state index contributed by atoms with van der Waals surface area (Å²) in [6.45, 7) is 7.06. The normalized spacial score (nSPS) is 31.3. The maximum Gasteiger partial charge on any atom is 0.161 e. The highest BCUT2D eigenvalue weighted by atomic mass is 16.5. The minimum Gasteiger partial charge on any atom is -0.504 e. The molecule has 2 atom stereocenters. The van der Waals surface area contributed by atoms with Gasteiger partial charge >= 0.3 is 0 Å². The second kappa shape index (κ2) is 5.11. The average Bonchev–Trinajstić information content (AvgIpc) is 2.82. The molecule has 0 heterocycles. The molecule has 1 aromatic rings. The molecular weight excluding hydrogens is 276 g/mol. The lowest BCUT2D eigenvalue weighted by atomic mass is 9.70. The Morgan fingerprint density at radius 1 is 1.32 bits per heavy atom. The number of hydrogen-bond donors (Lipinski definition) is 1. The maximum atomic E-state index is 9.60. The molecule has 118 valence electrons. The van der Waals surface area contributed by atoms with Crippen LogP contribution in [0.2, 0.25) is 0 Å². The van der Waals surface area contributed by atoms with Crippen LogP contribution in [0.25, 0.3) is 0 Å². The van der Waals surface area contributed by atoms with E-state index in [1.807, 2.05) is 0 Å². The zero-order chi connectivity index (χ0) is 16.0. The van der Waals surface area contributed by atoms with Crippen LogP contribution in [0.15, 0.2) is 28.4 Å². The SMILES string of the molecule is COc1cc(/C=N/N=C2/C[C@@H]3CC[C@@]2(C)C3(C)C)ccc1O. The van der Waals surface area contributed by atoms with Gasteiger partial charge in [-0.15, -0.1) is 0 Å². The predicted octanol–water partition coefficient (Wildman–Crippen LogP) is 4.02. The number of benzene rings is 1. The van der Waals surface area contributed by atoms with Gasteiger partial charge in [-0.25, -0.2) is 0 Å². The Morgan fingerprint density at radius 3 is 2.68 bits per heavy atom. The number of fused-ring (bicyclic) bond motifs is 2. The lowest BCUT2D eigenvalue weighted by Gasteiger charge is -2.34. The molecule has 2 saturated carbocycles. The molecule has 4 nitrogen and oxygen atoms in total. The van der Waals surface area contributed by atoms with E-state index in [1.165, 1.54) is 25.7 Å². The van der Waals surface area contributed by atoms with Crippen molar-refractivity contribution >= 4 is 11.9 Å². The molecule has 2 aliphatic carbocycles. The maximum absolute atomic E-state index is 9.60.